The molecular weight excluding hydrogens is 477 g/mol. The Morgan fingerprint density at radius 1 is 1.39 bits per heavy atom. The van der Waals surface area contributed by atoms with Gasteiger partial charge in [-0.1, -0.05) is 24.6 Å². The highest BCUT2D eigenvalue weighted by atomic mass is 35.5. The van der Waals surface area contributed by atoms with Crippen molar-refractivity contribution in [3.05, 3.63) is 83.9 Å². The molecule has 174 valence electrons. The van der Waals surface area contributed by atoms with Crippen molar-refractivity contribution in [3.8, 4) is 0 Å². The van der Waals surface area contributed by atoms with Crippen LogP contribution < -0.4 is 16.2 Å². The van der Waals surface area contributed by atoms with Gasteiger partial charge < -0.3 is 10.2 Å². The summed E-state index contributed by atoms with van der Waals surface area (Å²) in [5, 5.41) is 17.0. The van der Waals surface area contributed by atoms with Crippen molar-refractivity contribution in [2.45, 2.75) is 37.6 Å². The molecule has 3 aromatic rings. The number of amides is 1. The summed E-state index contributed by atoms with van der Waals surface area (Å²) in [6.45, 7) is 5.31. The fraction of sp³-hybridized carbons (Fsp3) is 0.250. The van der Waals surface area contributed by atoms with E-state index in [0.29, 0.717) is 11.1 Å². The molecule has 0 spiro atoms. The summed E-state index contributed by atoms with van der Waals surface area (Å²) in [4.78, 5) is 34.1. The van der Waals surface area contributed by atoms with Gasteiger partial charge in [-0.2, -0.15) is 0 Å². The molecule has 0 aliphatic rings. The third-order valence-corrected chi connectivity index (χ3v) is 6.45. The zero-order chi connectivity index (χ0) is 24.4. The fourth-order valence-corrected chi connectivity index (χ4v) is 4.59. The summed E-state index contributed by atoms with van der Waals surface area (Å²) in [6, 6.07) is 4.32. The zero-order valence-electron chi connectivity index (χ0n) is 17.6. The molecular formula is C20H19ClFN5O5S. The van der Waals surface area contributed by atoms with Crippen molar-refractivity contribution >= 4 is 35.1 Å². The Bertz CT molecular complexity index is 1290. The Kier molecular flexibility index (Phi) is 7.20. The van der Waals surface area contributed by atoms with E-state index in [1.165, 1.54) is 6.07 Å². The number of hydrogen-bond donors (Lipinski definition) is 3. The van der Waals surface area contributed by atoms with Gasteiger partial charge in [0.25, 0.3) is 5.69 Å². The van der Waals surface area contributed by atoms with Gasteiger partial charge in [0.05, 0.1) is 10.5 Å². The smallest absolute Gasteiger partial charge is 0.391 e. The number of hydrogen-bond acceptors (Lipinski definition) is 8. The topological polar surface area (TPSA) is 157 Å². The number of benzene rings is 2. The van der Waals surface area contributed by atoms with E-state index in [1.807, 2.05) is 6.92 Å². The van der Waals surface area contributed by atoms with E-state index >= 15 is 0 Å². The summed E-state index contributed by atoms with van der Waals surface area (Å²) in [7, 11) is 0. The number of aromatic amines is 1. The van der Waals surface area contributed by atoms with Crippen LogP contribution >= 0.6 is 23.5 Å². The van der Waals surface area contributed by atoms with Crippen LogP contribution in [0, 0.1) is 29.8 Å². The lowest BCUT2D eigenvalue weighted by atomic mass is 9.88. The average Bonchev–Trinajstić information content (AvgIpc) is 3.17. The highest BCUT2D eigenvalue weighted by Gasteiger charge is 2.30. The number of primary amides is 1. The van der Waals surface area contributed by atoms with Gasteiger partial charge in [0.15, 0.2) is 0 Å². The first-order valence-corrected chi connectivity index (χ1v) is 10.7. The van der Waals surface area contributed by atoms with E-state index in [4.69, 9.17) is 21.8 Å². The minimum absolute atomic E-state index is 0.0594. The first-order valence-electron chi connectivity index (χ1n) is 9.52. The second kappa shape index (κ2) is 9.73. The van der Waals surface area contributed by atoms with Crippen LogP contribution in [0.15, 0.2) is 38.4 Å². The van der Waals surface area contributed by atoms with Crippen molar-refractivity contribution in [1.82, 2.24) is 14.9 Å². The van der Waals surface area contributed by atoms with Crippen molar-refractivity contribution in [3.63, 3.8) is 0 Å². The molecule has 0 saturated carbocycles. The number of rotatable bonds is 8. The van der Waals surface area contributed by atoms with E-state index in [0.717, 1.165) is 29.6 Å². The number of H-pyrrole nitrogens is 1. The number of carbonyl (C=O) groups excluding carboxylic acids is 1. The van der Waals surface area contributed by atoms with E-state index in [-0.39, 0.29) is 21.4 Å². The molecule has 1 amide bonds. The standard InChI is InChI=1S/C20H19ClFN5O5S/c1-8-4-5-13(22)16(9(8)2)10(3)17(19-24-25-20(29)32-19)26-33-15-7-14(27(30)31)12(21)6-11(15)18(23)28/h4-7,10,17,26H,1-3H3,(H2,23,28)(H,25,29)/t10?,17-/m0/s1. The number of nitrogens with zero attached hydrogens (tertiary/aromatic N) is 2. The fourth-order valence-electron chi connectivity index (χ4n) is 3.36. The lowest BCUT2D eigenvalue weighted by Gasteiger charge is -2.25. The van der Waals surface area contributed by atoms with Crippen molar-refractivity contribution in [1.29, 1.82) is 0 Å². The lowest BCUT2D eigenvalue weighted by molar-refractivity contribution is -0.384. The van der Waals surface area contributed by atoms with Gasteiger partial charge in [-0.05, 0) is 54.6 Å². The molecule has 1 heterocycles. The van der Waals surface area contributed by atoms with Crippen LogP contribution in [0.2, 0.25) is 5.02 Å². The monoisotopic (exact) mass is 495 g/mol. The van der Waals surface area contributed by atoms with Gasteiger partial charge in [-0.25, -0.2) is 19.0 Å². The molecule has 0 fully saturated rings. The maximum Gasteiger partial charge on any atom is 0.434 e. The molecule has 0 radical (unpaired) electrons. The number of aromatic nitrogens is 2. The molecule has 2 aromatic carbocycles. The van der Waals surface area contributed by atoms with Crippen LogP contribution in [0.5, 0.6) is 0 Å². The molecule has 0 saturated heterocycles. The third-order valence-electron chi connectivity index (χ3n) is 5.22. The molecule has 4 N–H and O–H groups in total. The Morgan fingerprint density at radius 2 is 2.09 bits per heavy atom. The van der Waals surface area contributed by atoms with E-state index < -0.39 is 40.1 Å². The largest absolute Gasteiger partial charge is 0.434 e. The predicted molar refractivity (Wildman–Crippen MR) is 120 cm³/mol. The predicted octanol–water partition coefficient (Wildman–Crippen LogP) is 3.92. The van der Waals surface area contributed by atoms with Gasteiger partial charge in [0.2, 0.25) is 11.8 Å². The van der Waals surface area contributed by atoms with Gasteiger partial charge in [-0.3, -0.25) is 14.9 Å². The van der Waals surface area contributed by atoms with Gasteiger partial charge in [-0.15, -0.1) is 5.10 Å². The Balaban J connectivity index is 2.04. The molecule has 1 aromatic heterocycles. The number of nitro benzene ring substituents is 1. The van der Waals surface area contributed by atoms with E-state index in [2.05, 4.69) is 14.9 Å². The molecule has 0 bridgehead atoms. The number of nitro groups is 1. The molecule has 13 heteroatoms. The Morgan fingerprint density at radius 3 is 2.67 bits per heavy atom. The van der Waals surface area contributed by atoms with Crippen molar-refractivity contribution in [2.24, 2.45) is 5.73 Å². The molecule has 3 rings (SSSR count). The zero-order valence-corrected chi connectivity index (χ0v) is 19.2. The minimum Gasteiger partial charge on any atom is -0.391 e. The highest BCUT2D eigenvalue weighted by molar-refractivity contribution is 7.97. The molecule has 0 aliphatic heterocycles. The van der Waals surface area contributed by atoms with Gasteiger partial charge >= 0.3 is 5.76 Å². The van der Waals surface area contributed by atoms with Crippen LogP contribution in [0.4, 0.5) is 10.1 Å². The summed E-state index contributed by atoms with van der Waals surface area (Å²) < 4.78 is 22.9. The normalized spacial score (nSPS) is 13.0. The summed E-state index contributed by atoms with van der Waals surface area (Å²) in [5.74, 6) is -2.80. The van der Waals surface area contributed by atoms with Crippen LogP contribution in [-0.4, -0.2) is 21.0 Å². The molecule has 1 unspecified atom stereocenters. The molecule has 33 heavy (non-hydrogen) atoms. The van der Waals surface area contributed by atoms with Gasteiger partial charge in [0, 0.05) is 16.9 Å². The average molecular weight is 496 g/mol. The summed E-state index contributed by atoms with van der Waals surface area (Å²) in [6.07, 6.45) is 0. The second-order valence-electron chi connectivity index (χ2n) is 7.26. The first kappa shape index (κ1) is 24.4. The number of carbonyl (C=O) groups is 1. The number of halogens is 2. The van der Waals surface area contributed by atoms with E-state index in [9.17, 15) is 24.1 Å². The first-order chi connectivity index (χ1) is 15.5. The van der Waals surface area contributed by atoms with Crippen molar-refractivity contribution in [2.75, 3.05) is 0 Å². The quantitative estimate of drug-likeness (QED) is 0.241. The Labute approximate surface area is 196 Å². The molecule has 10 nitrogen and oxygen atoms in total. The Hall–Kier alpha value is -3.22. The third kappa shape index (κ3) is 5.07. The lowest BCUT2D eigenvalue weighted by Crippen LogP contribution is -2.23. The van der Waals surface area contributed by atoms with Crippen LogP contribution in [-0.2, 0) is 0 Å². The second-order valence-corrected chi connectivity index (χ2v) is 8.55. The van der Waals surface area contributed by atoms with Crippen LogP contribution in [0.25, 0.3) is 0 Å². The van der Waals surface area contributed by atoms with Crippen molar-refractivity contribution < 1.29 is 18.5 Å². The minimum atomic E-state index is -0.876. The summed E-state index contributed by atoms with van der Waals surface area (Å²) >= 11 is 6.71. The molecule has 2 atom stereocenters. The maximum absolute atomic E-state index is 14.8. The van der Waals surface area contributed by atoms with Gasteiger partial charge in [0.1, 0.15) is 16.9 Å². The maximum atomic E-state index is 14.8. The SMILES string of the molecule is Cc1ccc(F)c(C(C)[C@H](NSc2cc([N+](=O)[O-])c(Cl)cc2C(N)=O)c2n[nH]c(=O)o2)c1C. The summed E-state index contributed by atoms with van der Waals surface area (Å²) in [5.41, 5.74) is 6.85. The van der Waals surface area contributed by atoms with E-state index in [1.54, 1.807) is 19.9 Å². The molecule has 0 aliphatic carbocycles. The highest BCUT2D eigenvalue weighted by Crippen LogP contribution is 2.38. The number of nitrogens with one attached hydrogen (secondary N) is 2. The van der Waals surface area contributed by atoms with Crippen LogP contribution in [0.3, 0.4) is 0 Å². The van der Waals surface area contributed by atoms with Crippen LogP contribution in [0.1, 0.15) is 51.8 Å². The number of aryl methyl sites for hydroxylation is 1. The number of nitrogens with two attached hydrogens (primary N) is 1.